The van der Waals surface area contributed by atoms with E-state index in [0.717, 1.165) is 17.7 Å². The van der Waals surface area contributed by atoms with Gasteiger partial charge in [-0.3, -0.25) is 4.79 Å². The summed E-state index contributed by atoms with van der Waals surface area (Å²) >= 11 is 0. The van der Waals surface area contributed by atoms with Crippen LogP contribution in [0.3, 0.4) is 0 Å². The molecule has 162 valence electrons. The fourth-order valence-electron chi connectivity index (χ4n) is 3.53. The molecule has 0 bridgehead atoms. The van der Waals surface area contributed by atoms with Gasteiger partial charge in [0.05, 0.1) is 5.56 Å². The molecule has 0 aliphatic rings. The van der Waals surface area contributed by atoms with Crippen molar-refractivity contribution in [1.82, 2.24) is 0 Å². The lowest BCUT2D eigenvalue weighted by molar-refractivity contribution is -0.137. The van der Waals surface area contributed by atoms with Crippen LogP contribution in [0.15, 0.2) is 72.8 Å². The predicted molar refractivity (Wildman–Crippen MR) is 116 cm³/mol. The third kappa shape index (κ3) is 5.97. The standard InChI is InChI=1S/C26H25F3O2/c1-17(2)13-25(18(3)30)21-14-20(19-9-11-22(12-10-19)26(27,28)29)15-24(16-21)31-23-7-5-4-6-8-23/h4-12,14-17,25H,13H2,1-3H3. The van der Waals surface area contributed by atoms with E-state index in [1.165, 1.54) is 12.1 Å². The third-order valence-corrected chi connectivity index (χ3v) is 5.05. The Kier molecular flexibility index (Phi) is 6.84. The highest BCUT2D eigenvalue weighted by atomic mass is 19.4. The molecule has 3 aromatic rings. The van der Waals surface area contributed by atoms with E-state index in [0.29, 0.717) is 35.0 Å². The summed E-state index contributed by atoms with van der Waals surface area (Å²) in [5, 5.41) is 0. The minimum absolute atomic E-state index is 0.0453. The first-order chi connectivity index (χ1) is 14.6. The van der Waals surface area contributed by atoms with Crippen molar-refractivity contribution in [2.75, 3.05) is 0 Å². The van der Waals surface area contributed by atoms with Crippen LogP contribution in [0, 0.1) is 5.92 Å². The molecule has 3 rings (SSSR count). The number of halogens is 3. The molecular formula is C26H25F3O2. The molecule has 5 heteroatoms. The number of carbonyl (C=O) groups excluding carboxylic acids is 1. The quantitative estimate of drug-likeness (QED) is 0.384. The van der Waals surface area contributed by atoms with Crippen molar-refractivity contribution in [2.24, 2.45) is 5.92 Å². The molecule has 0 aliphatic heterocycles. The van der Waals surface area contributed by atoms with Crippen molar-refractivity contribution >= 4 is 5.78 Å². The Labute approximate surface area is 180 Å². The molecule has 1 unspecified atom stereocenters. The molecule has 1 atom stereocenters. The van der Waals surface area contributed by atoms with E-state index in [1.807, 2.05) is 42.5 Å². The predicted octanol–water partition coefficient (Wildman–Crippen LogP) is 7.88. The van der Waals surface area contributed by atoms with Gasteiger partial charge in [0.1, 0.15) is 17.3 Å². The Balaban J connectivity index is 2.06. The summed E-state index contributed by atoms with van der Waals surface area (Å²) in [6.45, 7) is 5.67. The molecule has 0 spiro atoms. The highest BCUT2D eigenvalue weighted by molar-refractivity contribution is 5.84. The number of para-hydroxylation sites is 1. The van der Waals surface area contributed by atoms with Crippen LogP contribution in [-0.2, 0) is 11.0 Å². The van der Waals surface area contributed by atoms with Crippen molar-refractivity contribution in [1.29, 1.82) is 0 Å². The molecule has 0 amide bonds. The monoisotopic (exact) mass is 426 g/mol. The molecule has 0 saturated carbocycles. The van der Waals surface area contributed by atoms with E-state index in [9.17, 15) is 18.0 Å². The Hall–Kier alpha value is -3.08. The Morgan fingerprint density at radius 1 is 0.871 bits per heavy atom. The van der Waals surface area contributed by atoms with Gasteiger partial charge in [-0.15, -0.1) is 0 Å². The van der Waals surface area contributed by atoms with Crippen molar-refractivity contribution < 1.29 is 22.7 Å². The fraction of sp³-hybridized carbons (Fsp3) is 0.269. The summed E-state index contributed by atoms with van der Waals surface area (Å²) in [6.07, 6.45) is -3.71. The van der Waals surface area contributed by atoms with Gasteiger partial charge in [-0.1, -0.05) is 50.2 Å². The minimum atomic E-state index is -4.39. The van der Waals surface area contributed by atoms with Crippen LogP contribution in [0.1, 0.15) is 44.2 Å². The van der Waals surface area contributed by atoms with Crippen LogP contribution < -0.4 is 4.74 Å². The molecule has 0 aliphatic carbocycles. The summed E-state index contributed by atoms with van der Waals surface area (Å²) in [6, 6.07) is 19.7. The number of rotatable bonds is 7. The third-order valence-electron chi connectivity index (χ3n) is 5.05. The van der Waals surface area contributed by atoms with Gasteiger partial charge < -0.3 is 4.74 Å². The summed E-state index contributed by atoms with van der Waals surface area (Å²) in [7, 11) is 0. The Morgan fingerprint density at radius 3 is 2.06 bits per heavy atom. The second kappa shape index (κ2) is 9.38. The number of ether oxygens (including phenoxy) is 1. The summed E-state index contributed by atoms with van der Waals surface area (Å²) in [5.74, 6) is 1.22. The van der Waals surface area contributed by atoms with Crippen molar-refractivity contribution in [3.63, 3.8) is 0 Å². The van der Waals surface area contributed by atoms with Gasteiger partial charge in [0.2, 0.25) is 0 Å². The molecule has 31 heavy (non-hydrogen) atoms. The topological polar surface area (TPSA) is 26.3 Å². The summed E-state index contributed by atoms with van der Waals surface area (Å²) in [5.41, 5.74) is 1.42. The highest BCUT2D eigenvalue weighted by Gasteiger charge is 2.30. The van der Waals surface area contributed by atoms with Gasteiger partial charge in [-0.2, -0.15) is 13.2 Å². The van der Waals surface area contributed by atoms with Crippen molar-refractivity contribution in [3.8, 4) is 22.6 Å². The van der Waals surface area contributed by atoms with E-state index in [2.05, 4.69) is 13.8 Å². The first kappa shape index (κ1) is 22.6. The van der Waals surface area contributed by atoms with Crippen LogP contribution in [0.2, 0.25) is 0 Å². The zero-order valence-corrected chi connectivity index (χ0v) is 17.7. The number of alkyl halides is 3. The molecule has 0 fully saturated rings. The maximum absolute atomic E-state index is 13.0. The number of benzene rings is 3. The number of carbonyl (C=O) groups is 1. The van der Waals surface area contributed by atoms with E-state index in [1.54, 1.807) is 13.0 Å². The lowest BCUT2D eigenvalue weighted by Gasteiger charge is -2.19. The highest BCUT2D eigenvalue weighted by Crippen LogP contribution is 2.36. The molecule has 0 N–H and O–H groups in total. The molecule has 0 heterocycles. The number of hydrogen-bond acceptors (Lipinski definition) is 2. The largest absolute Gasteiger partial charge is 0.457 e. The molecule has 0 saturated heterocycles. The average molecular weight is 426 g/mol. The average Bonchev–Trinajstić information content (AvgIpc) is 2.71. The van der Waals surface area contributed by atoms with Gasteiger partial charge in [-0.05, 0) is 72.4 Å². The first-order valence-electron chi connectivity index (χ1n) is 10.2. The van der Waals surface area contributed by atoms with Gasteiger partial charge in [0.15, 0.2) is 0 Å². The SMILES string of the molecule is CC(=O)C(CC(C)C)c1cc(Oc2ccccc2)cc(-c2ccc(C(F)(F)F)cc2)c1. The maximum atomic E-state index is 13.0. The normalized spacial score (nSPS) is 12.6. The van der Waals surface area contributed by atoms with Crippen LogP contribution in [-0.4, -0.2) is 5.78 Å². The van der Waals surface area contributed by atoms with Crippen molar-refractivity contribution in [2.45, 2.75) is 39.3 Å². The number of ketones is 1. The Bertz CT molecular complexity index is 1020. The van der Waals surface area contributed by atoms with E-state index < -0.39 is 11.7 Å². The summed E-state index contributed by atoms with van der Waals surface area (Å²) < 4.78 is 44.9. The Morgan fingerprint density at radius 2 is 1.52 bits per heavy atom. The maximum Gasteiger partial charge on any atom is 0.416 e. The van der Waals surface area contributed by atoms with Crippen LogP contribution >= 0.6 is 0 Å². The molecule has 0 aromatic heterocycles. The summed E-state index contributed by atoms with van der Waals surface area (Å²) in [4.78, 5) is 12.4. The molecule has 3 aromatic carbocycles. The molecule has 0 radical (unpaired) electrons. The smallest absolute Gasteiger partial charge is 0.416 e. The van der Waals surface area contributed by atoms with E-state index in [-0.39, 0.29) is 11.7 Å². The zero-order chi connectivity index (χ0) is 22.6. The molecule has 2 nitrogen and oxygen atoms in total. The lowest BCUT2D eigenvalue weighted by atomic mass is 9.86. The molecular weight excluding hydrogens is 401 g/mol. The van der Waals surface area contributed by atoms with Gasteiger partial charge in [0, 0.05) is 5.92 Å². The van der Waals surface area contributed by atoms with Crippen molar-refractivity contribution in [3.05, 3.63) is 83.9 Å². The minimum Gasteiger partial charge on any atom is -0.457 e. The first-order valence-corrected chi connectivity index (χ1v) is 10.2. The van der Waals surface area contributed by atoms with E-state index >= 15 is 0 Å². The van der Waals surface area contributed by atoms with Gasteiger partial charge in [0.25, 0.3) is 0 Å². The zero-order valence-electron chi connectivity index (χ0n) is 17.7. The number of Topliss-reactive ketones (excluding diaryl/α,β-unsaturated/α-hetero) is 1. The van der Waals surface area contributed by atoms with Crippen LogP contribution in [0.4, 0.5) is 13.2 Å². The van der Waals surface area contributed by atoms with Gasteiger partial charge in [-0.25, -0.2) is 0 Å². The second-order valence-corrected chi connectivity index (χ2v) is 8.07. The van der Waals surface area contributed by atoms with E-state index in [4.69, 9.17) is 4.74 Å². The van der Waals surface area contributed by atoms with Gasteiger partial charge >= 0.3 is 6.18 Å². The lowest BCUT2D eigenvalue weighted by Crippen LogP contribution is -2.12. The fourth-order valence-corrected chi connectivity index (χ4v) is 3.53. The second-order valence-electron chi connectivity index (χ2n) is 8.07. The number of hydrogen-bond donors (Lipinski definition) is 0. The van der Waals surface area contributed by atoms with Crippen LogP contribution in [0.25, 0.3) is 11.1 Å². The van der Waals surface area contributed by atoms with Crippen LogP contribution in [0.5, 0.6) is 11.5 Å².